The van der Waals surface area contributed by atoms with E-state index in [9.17, 15) is 4.79 Å². The van der Waals surface area contributed by atoms with E-state index in [4.69, 9.17) is 5.73 Å². The molecule has 1 saturated heterocycles. The number of rotatable bonds is 5. The molecule has 3 N–H and O–H groups in total. The third-order valence-electron chi connectivity index (χ3n) is 3.88. The number of amides is 1. The highest BCUT2D eigenvalue weighted by Crippen LogP contribution is 2.13. The van der Waals surface area contributed by atoms with E-state index in [0.29, 0.717) is 6.42 Å². The van der Waals surface area contributed by atoms with Gasteiger partial charge >= 0.3 is 0 Å². The first kappa shape index (κ1) is 15.0. The molecule has 1 aromatic rings. The lowest BCUT2D eigenvalue weighted by Crippen LogP contribution is -2.51. The van der Waals surface area contributed by atoms with Crippen molar-refractivity contribution in [2.45, 2.75) is 44.8 Å². The van der Waals surface area contributed by atoms with Crippen molar-refractivity contribution < 1.29 is 4.79 Å². The SMILES string of the molecule is CCC(N)C(=O)NC1CCCN(Cc2ccccc2)C1. The number of likely N-dealkylation sites (tertiary alicyclic amines) is 1. The van der Waals surface area contributed by atoms with Crippen LogP contribution in [-0.2, 0) is 11.3 Å². The van der Waals surface area contributed by atoms with Gasteiger partial charge in [-0.25, -0.2) is 0 Å². The molecule has 1 fully saturated rings. The average molecular weight is 275 g/mol. The number of piperidine rings is 1. The molecule has 1 aliphatic heterocycles. The van der Waals surface area contributed by atoms with Crippen LogP contribution in [0.3, 0.4) is 0 Å². The minimum atomic E-state index is -0.375. The maximum absolute atomic E-state index is 11.9. The Bertz CT molecular complexity index is 421. The summed E-state index contributed by atoms with van der Waals surface area (Å²) in [5.74, 6) is -0.0148. The van der Waals surface area contributed by atoms with Crippen LogP contribution in [0.5, 0.6) is 0 Å². The summed E-state index contributed by atoms with van der Waals surface area (Å²) in [7, 11) is 0. The zero-order chi connectivity index (χ0) is 14.4. The molecule has 2 unspecified atom stereocenters. The maximum atomic E-state index is 11.9. The Morgan fingerprint density at radius 1 is 1.45 bits per heavy atom. The third-order valence-corrected chi connectivity index (χ3v) is 3.88. The Morgan fingerprint density at radius 3 is 2.90 bits per heavy atom. The molecule has 0 saturated carbocycles. The Labute approximate surface area is 121 Å². The number of nitrogens with zero attached hydrogens (tertiary/aromatic N) is 1. The standard InChI is InChI=1S/C16H25N3O/c1-2-15(17)16(20)18-14-9-6-10-19(12-14)11-13-7-4-3-5-8-13/h3-5,7-8,14-15H,2,6,9-12,17H2,1H3,(H,18,20). The van der Waals surface area contributed by atoms with E-state index >= 15 is 0 Å². The molecule has 0 aliphatic carbocycles. The fourth-order valence-electron chi connectivity index (χ4n) is 2.65. The molecule has 1 heterocycles. The van der Waals surface area contributed by atoms with Crippen LogP contribution in [-0.4, -0.2) is 36.0 Å². The Morgan fingerprint density at radius 2 is 2.20 bits per heavy atom. The number of benzene rings is 1. The molecule has 1 aliphatic rings. The van der Waals surface area contributed by atoms with Crippen molar-refractivity contribution >= 4 is 5.91 Å². The Balaban J connectivity index is 1.84. The van der Waals surface area contributed by atoms with Crippen LogP contribution < -0.4 is 11.1 Å². The van der Waals surface area contributed by atoms with Gasteiger partial charge in [0, 0.05) is 19.1 Å². The van der Waals surface area contributed by atoms with E-state index in [1.165, 1.54) is 5.56 Å². The number of hydrogen-bond donors (Lipinski definition) is 2. The predicted octanol–water partition coefficient (Wildman–Crippen LogP) is 1.50. The Kier molecular flexibility index (Phi) is 5.56. The predicted molar refractivity (Wildman–Crippen MR) is 81.2 cm³/mol. The minimum absolute atomic E-state index is 0.0148. The molecule has 0 aromatic heterocycles. The van der Waals surface area contributed by atoms with Gasteiger partial charge in [0.2, 0.25) is 5.91 Å². The summed E-state index contributed by atoms with van der Waals surface area (Å²) < 4.78 is 0. The van der Waals surface area contributed by atoms with Gasteiger partial charge in [-0.3, -0.25) is 9.69 Å². The molecule has 110 valence electrons. The molecular weight excluding hydrogens is 250 g/mol. The van der Waals surface area contributed by atoms with Gasteiger partial charge in [-0.1, -0.05) is 37.3 Å². The van der Waals surface area contributed by atoms with Gasteiger partial charge in [0.15, 0.2) is 0 Å². The van der Waals surface area contributed by atoms with E-state index in [2.05, 4.69) is 34.5 Å². The summed E-state index contributed by atoms with van der Waals surface area (Å²) >= 11 is 0. The summed E-state index contributed by atoms with van der Waals surface area (Å²) in [5, 5.41) is 3.08. The number of nitrogens with two attached hydrogens (primary N) is 1. The van der Waals surface area contributed by atoms with Crippen LogP contribution in [0.2, 0.25) is 0 Å². The average Bonchev–Trinajstić information content (AvgIpc) is 2.47. The lowest BCUT2D eigenvalue weighted by atomic mass is 10.0. The fourth-order valence-corrected chi connectivity index (χ4v) is 2.65. The molecule has 0 bridgehead atoms. The summed E-state index contributed by atoms with van der Waals surface area (Å²) in [5.41, 5.74) is 7.09. The number of carbonyl (C=O) groups excluding carboxylic acids is 1. The highest BCUT2D eigenvalue weighted by molar-refractivity contribution is 5.81. The molecule has 4 nitrogen and oxygen atoms in total. The molecule has 4 heteroatoms. The van der Waals surface area contributed by atoms with Crippen molar-refractivity contribution in [1.29, 1.82) is 0 Å². The van der Waals surface area contributed by atoms with E-state index in [-0.39, 0.29) is 18.0 Å². The lowest BCUT2D eigenvalue weighted by molar-refractivity contribution is -0.123. The largest absolute Gasteiger partial charge is 0.351 e. The van der Waals surface area contributed by atoms with Gasteiger partial charge in [-0.2, -0.15) is 0 Å². The minimum Gasteiger partial charge on any atom is -0.351 e. The van der Waals surface area contributed by atoms with E-state index in [1.54, 1.807) is 0 Å². The molecule has 20 heavy (non-hydrogen) atoms. The molecule has 1 aromatic carbocycles. The van der Waals surface area contributed by atoms with E-state index in [1.807, 2.05) is 13.0 Å². The fraction of sp³-hybridized carbons (Fsp3) is 0.562. The second kappa shape index (κ2) is 7.41. The van der Waals surface area contributed by atoms with Gasteiger partial charge in [-0.15, -0.1) is 0 Å². The van der Waals surface area contributed by atoms with Crippen molar-refractivity contribution in [3.63, 3.8) is 0 Å². The number of carbonyl (C=O) groups is 1. The van der Waals surface area contributed by atoms with Gasteiger partial charge in [0.25, 0.3) is 0 Å². The number of nitrogens with one attached hydrogen (secondary N) is 1. The smallest absolute Gasteiger partial charge is 0.237 e. The van der Waals surface area contributed by atoms with Crippen LogP contribution in [0, 0.1) is 0 Å². The molecular formula is C16H25N3O. The third kappa shape index (κ3) is 4.32. The van der Waals surface area contributed by atoms with Crippen LogP contribution in [0.4, 0.5) is 0 Å². The van der Waals surface area contributed by atoms with Crippen LogP contribution in [0.25, 0.3) is 0 Å². The first-order valence-corrected chi connectivity index (χ1v) is 7.51. The van der Waals surface area contributed by atoms with Crippen molar-refractivity contribution in [2.24, 2.45) is 5.73 Å². The zero-order valence-electron chi connectivity index (χ0n) is 12.2. The molecule has 2 atom stereocenters. The highest BCUT2D eigenvalue weighted by atomic mass is 16.2. The topological polar surface area (TPSA) is 58.4 Å². The second-order valence-electron chi connectivity index (χ2n) is 5.58. The second-order valence-corrected chi connectivity index (χ2v) is 5.58. The van der Waals surface area contributed by atoms with Crippen LogP contribution in [0.15, 0.2) is 30.3 Å². The van der Waals surface area contributed by atoms with Gasteiger partial charge in [0.1, 0.15) is 0 Å². The summed E-state index contributed by atoms with van der Waals surface area (Å²) in [6.07, 6.45) is 2.86. The van der Waals surface area contributed by atoms with Crippen molar-refractivity contribution in [1.82, 2.24) is 10.2 Å². The van der Waals surface area contributed by atoms with E-state index < -0.39 is 0 Å². The monoisotopic (exact) mass is 275 g/mol. The maximum Gasteiger partial charge on any atom is 0.237 e. The lowest BCUT2D eigenvalue weighted by Gasteiger charge is -2.33. The zero-order valence-corrected chi connectivity index (χ0v) is 12.2. The first-order valence-electron chi connectivity index (χ1n) is 7.51. The van der Waals surface area contributed by atoms with E-state index in [0.717, 1.165) is 32.5 Å². The molecule has 0 spiro atoms. The summed E-state index contributed by atoms with van der Waals surface area (Å²) in [6.45, 7) is 4.90. The first-order chi connectivity index (χ1) is 9.69. The quantitative estimate of drug-likeness (QED) is 0.856. The van der Waals surface area contributed by atoms with Crippen LogP contribution >= 0.6 is 0 Å². The van der Waals surface area contributed by atoms with Crippen molar-refractivity contribution in [3.8, 4) is 0 Å². The van der Waals surface area contributed by atoms with Crippen LogP contribution in [0.1, 0.15) is 31.7 Å². The van der Waals surface area contributed by atoms with Gasteiger partial charge in [0.05, 0.1) is 6.04 Å². The Hall–Kier alpha value is -1.39. The molecule has 0 radical (unpaired) electrons. The molecule has 2 rings (SSSR count). The van der Waals surface area contributed by atoms with Crippen molar-refractivity contribution in [2.75, 3.05) is 13.1 Å². The summed E-state index contributed by atoms with van der Waals surface area (Å²) in [4.78, 5) is 14.3. The summed E-state index contributed by atoms with van der Waals surface area (Å²) in [6, 6.07) is 10.3. The highest BCUT2D eigenvalue weighted by Gasteiger charge is 2.22. The molecule has 1 amide bonds. The van der Waals surface area contributed by atoms with Crippen molar-refractivity contribution in [3.05, 3.63) is 35.9 Å². The normalized spacial score (nSPS) is 21.4. The number of hydrogen-bond acceptors (Lipinski definition) is 3. The van der Waals surface area contributed by atoms with Gasteiger partial charge < -0.3 is 11.1 Å². The van der Waals surface area contributed by atoms with Gasteiger partial charge in [-0.05, 0) is 31.4 Å².